The molecule has 2 aromatic carbocycles. The second kappa shape index (κ2) is 14.5. The number of halogens is 6. The van der Waals surface area contributed by atoms with Crippen LogP contribution in [0.1, 0.15) is 43.7 Å². The summed E-state index contributed by atoms with van der Waals surface area (Å²) in [5, 5.41) is 9.24. The van der Waals surface area contributed by atoms with Crippen LogP contribution < -0.4 is 15.4 Å². The number of methoxy groups -OCH3 is 1. The van der Waals surface area contributed by atoms with E-state index >= 15 is 22.0 Å². The molecule has 7 rings (SSSR count). The van der Waals surface area contributed by atoms with E-state index in [4.69, 9.17) is 15.2 Å². The van der Waals surface area contributed by atoms with Crippen LogP contribution in [0.3, 0.4) is 0 Å². The molecule has 11 nitrogen and oxygen atoms in total. The first-order chi connectivity index (χ1) is 26.1. The van der Waals surface area contributed by atoms with Crippen LogP contribution in [-0.2, 0) is 10.9 Å². The molecule has 294 valence electrons. The predicted molar refractivity (Wildman–Crippen MR) is 196 cm³/mol. The number of nitrogens with two attached hydrogens (primary N) is 1. The van der Waals surface area contributed by atoms with Crippen molar-refractivity contribution in [3.63, 3.8) is 0 Å². The average molecular weight is 791 g/mol. The number of carbonyl (C=O) groups excluding carboxylic acids is 1. The van der Waals surface area contributed by atoms with Gasteiger partial charge in [0.2, 0.25) is 0 Å². The quantitative estimate of drug-likeness (QED) is 0.182. The predicted octanol–water partition coefficient (Wildman–Crippen LogP) is 6.81. The van der Waals surface area contributed by atoms with Crippen molar-refractivity contribution in [3.8, 4) is 23.2 Å². The number of benzene rings is 2. The second-order valence-electron chi connectivity index (χ2n) is 14.6. The number of likely N-dealkylation sites (tertiary alicyclic amines) is 1. The van der Waals surface area contributed by atoms with Gasteiger partial charge in [-0.1, -0.05) is 6.07 Å². The van der Waals surface area contributed by atoms with Gasteiger partial charge in [0.25, 0.3) is 0 Å². The average Bonchev–Trinajstić information content (AvgIpc) is 3.88. The molecule has 2 amide bonds. The molecular weight excluding hydrogens is 751 g/mol. The summed E-state index contributed by atoms with van der Waals surface area (Å²) in [7, 11) is 4.72. The Kier molecular flexibility index (Phi) is 10.2. The lowest BCUT2D eigenvalue weighted by molar-refractivity contribution is -0.137. The zero-order valence-electron chi connectivity index (χ0n) is 30.6. The smallest absolute Gasteiger partial charge is 0.417 e. The van der Waals surface area contributed by atoms with E-state index < -0.39 is 52.2 Å². The van der Waals surface area contributed by atoms with E-state index in [1.165, 1.54) is 12.0 Å². The number of nitriles is 1. The van der Waals surface area contributed by atoms with Gasteiger partial charge in [-0.15, -0.1) is 11.3 Å². The van der Waals surface area contributed by atoms with Crippen molar-refractivity contribution in [1.29, 1.82) is 5.26 Å². The molecule has 2 aromatic heterocycles. The van der Waals surface area contributed by atoms with E-state index in [1.807, 2.05) is 11.0 Å². The second-order valence-corrected chi connectivity index (χ2v) is 15.6. The van der Waals surface area contributed by atoms with Crippen LogP contribution in [0.25, 0.3) is 32.1 Å². The molecule has 5 heterocycles. The van der Waals surface area contributed by atoms with Gasteiger partial charge in [0, 0.05) is 63.6 Å². The maximum Gasteiger partial charge on any atom is 0.417 e. The molecule has 4 unspecified atom stereocenters. The largest absolute Gasteiger partial charge is 0.461 e. The van der Waals surface area contributed by atoms with E-state index in [9.17, 15) is 14.4 Å². The van der Waals surface area contributed by atoms with Gasteiger partial charge in [-0.05, 0) is 50.4 Å². The van der Waals surface area contributed by atoms with E-state index in [-0.39, 0.29) is 94.8 Å². The molecule has 3 aliphatic heterocycles. The van der Waals surface area contributed by atoms with Gasteiger partial charge in [0.05, 0.1) is 40.1 Å². The van der Waals surface area contributed by atoms with Gasteiger partial charge in [0.15, 0.2) is 5.82 Å². The van der Waals surface area contributed by atoms with Gasteiger partial charge in [0.1, 0.15) is 41.0 Å². The normalized spacial score (nSPS) is 22.8. The molecule has 0 saturated carbocycles. The third kappa shape index (κ3) is 6.63. The maximum atomic E-state index is 17.3. The maximum absolute atomic E-state index is 17.3. The molecule has 55 heavy (non-hydrogen) atoms. The topological polar surface area (TPSA) is 124 Å². The van der Waals surface area contributed by atoms with Gasteiger partial charge >= 0.3 is 18.2 Å². The van der Waals surface area contributed by atoms with Crippen molar-refractivity contribution < 1.29 is 40.6 Å². The number of thiophene rings is 1. The van der Waals surface area contributed by atoms with Crippen molar-refractivity contribution in [2.75, 3.05) is 71.2 Å². The lowest BCUT2D eigenvalue weighted by Gasteiger charge is -2.32. The summed E-state index contributed by atoms with van der Waals surface area (Å²) in [6.07, 6.45) is -4.18. The molecule has 0 bridgehead atoms. The van der Waals surface area contributed by atoms with Crippen LogP contribution in [0, 0.1) is 23.0 Å². The number of amides is 2. The van der Waals surface area contributed by atoms with Gasteiger partial charge in [-0.2, -0.15) is 28.4 Å². The minimum absolute atomic E-state index is 0.0393. The van der Waals surface area contributed by atoms with E-state index in [0.717, 1.165) is 24.6 Å². The molecule has 3 fully saturated rings. The number of likely N-dealkylation sites (N-methyl/N-ethyl adjacent to an activating group) is 1. The number of alkyl halides is 4. The molecular formula is C37H40F6N8O3S. The summed E-state index contributed by atoms with van der Waals surface area (Å²) in [5.41, 5.74) is 1.82. The number of nitrogen functional groups attached to an aromatic ring is 1. The minimum atomic E-state index is -5.15. The van der Waals surface area contributed by atoms with Crippen molar-refractivity contribution >= 4 is 49.2 Å². The van der Waals surface area contributed by atoms with Gasteiger partial charge in [-0.25, -0.2) is 18.0 Å². The number of ether oxygens (including phenoxy) is 2. The summed E-state index contributed by atoms with van der Waals surface area (Å²) < 4.78 is 104. The number of aromatic nitrogens is 2. The number of rotatable bonds is 9. The highest BCUT2D eigenvalue weighted by molar-refractivity contribution is 7.23. The Bertz CT molecular complexity index is 2190. The summed E-state index contributed by atoms with van der Waals surface area (Å²) in [6.45, 7) is 3.18. The SMILES string of the molecule is CCN(c1nc(OCC23CCCN2CC(F)C3)nc2c(F)c(-c3ccc(F)c4sc(N)c(C#N)c34)c(C(F)(F)F)cc12)C1CC(COC)N(C(=O)N(C)C)C1. The van der Waals surface area contributed by atoms with E-state index in [1.54, 1.807) is 30.8 Å². The van der Waals surface area contributed by atoms with Crippen molar-refractivity contribution in [3.05, 3.63) is 41.0 Å². The Labute approximate surface area is 317 Å². The molecule has 4 atom stereocenters. The third-order valence-corrected chi connectivity index (χ3v) is 12.1. The van der Waals surface area contributed by atoms with Crippen LogP contribution in [0.15, 0.2) is 18.2 Å². The van der Waals surface area contributed by atoms with E-state index in [2.05, 4.69) is 9.97 Å². The Morgan fingerprint density at radius 1 is 1.22 bits per heavy atom. The molecule has 0 aliphatic carbocycles. The molecule has 0 radical (unpaired) electrons. The van der Waals surface area contributed by atoms with Crippen LogP contribution in [0.2, 0.25) is 0 Å². The summed E-state index contributed by atoms with van der Waals surface area (Å²) in [5.74, 6) is -2.29. The zero-order valence-corrected chi connectivity index (χ0v) is 31.5. The molecule has 2 N–H and O–H groups in total. The number of fused-ring (bicyclic) bond motifs is 3. The zero-order chi connectivity index (χ0) is 39.6. The van der Waals surface area contributed by atoms with Crippen molar-refractivity contribution in [2.24, 2.45) is 0 Å². The number of urea groups is 1. The summed E-state index contributed by atoms with van der Waals surface area (Å²) in [4.78, 5) is 29.0. The highest BCUT2D eigenvalue weighted by atomic mass is 32.1. The number of nitrogens with zero attached hydrogens (tertiary/aromatic N) is 7. The Morgan fingerprint density at radius 2 is 1.98 bits per heavy atom. The molecule has 3 aliphatic rings. The molecule has 0 spiro atoms. The fourth-order valence-corrected chi connectivity index (χ4v) is 9.61. The van der Waals surface area contributed by atoms with Crippen LogP contribution >= 0.6 is 11.3 Å². The van der Waals surface area contributed by atoms with Crippen molar-refractivity contribution in [2.45, 2.75) is 62.6 Å². The number of hydrogen-bond acceptors (Lipinski definition) is 10. The molecule has 18 heteroatoms. The van der Waals surface area contributed by atoms with E-state index in [0.29, 0.717) is 30.7 Å². The number of anilines is 2. The van der Waals surface area contributed by atoms with Gasteiger partial charge < -0.3 is 29.9 Å². The third-order valence-electron chi connectivity index (χ3n) is 11.1. The van der Waals surface area contributed by atoms with Crippen LogP contribution in [-0.4, -0.2) is 115 Å². The first kappa shape index (κ1) is 38.7. The van der Waals surface area contributed by atoms with Gasteiger partial charge in [-0.3, -0.25) is 4.90 Å². The standard InChI is InChI=1S/C37H40F6N8O3S/c1-5-50(20-11-21(17-53-4)51(16-20)35(52)48(2)3)33-23-12-25(37(41,42)43)28(22-7-8-26(39)31-27(22)24(14-44)32(45)55-31)29(40)30(23)46-34(47-33)54-18-36-9-6-10-49(36)15-19(38)13-36/h7-8,12,19-21H,5-6,9-11,13,15-18,45H2,1-4H3. The lowest BCUT2D eigenvalue weighted by atomic mass is 9.92. The monoisotopic (exact) mass is 790 g/mol. The number of hydrogen-bond donors (Lipinski definition) is 1. The Balaban J connectivity index is 1.45. The highest BCUT2D eigenvalue weighted by Crippen LogP contribution is 2.48. The lowest BCUT2D eigenvalue weighted by Crippen LogP contribution is -2.45. The van der Waals surface area contributed by atoms with Crippen LogP contribution in [0.5, 0.6) is 6.01 Å². The minimum Gasteiger partial charge on any atom is -0.461 e. The highest BCUT2D eigenvalue weighted by Gasteiger charge is 2.50. The van der Waals surface area contributed by atoms with Crippen molar-refractivity contribution in [1.82, 2.24) is 24.7 Å². The summed E-state index contributed by atoms with van der Waals surface area (Å²) >= 11 is 0.674. The van der Waals surface area contributed by atoms with Crippen LogP contribution in [0.4, 0.5) is 42.0 Å². The summed E-state index contributed by atoms with van der Waals surface area (Å²) in [6, 6.07) is 3.00. The fourth-order valence-electron chi connectivity index (χ4n) is 8.66. The molecule has 3 saturated heterocycles. The number of carbonyl (C=O) groups is 1. The Morgan fingerprint density at radius 3 is 2.65 bits per heavy atom. The first-order valence-electron chi connectivity index (χ1n) is 17.9. The fraction of sp³-hybridized carbons (Fsp3) is 0.514. The first-order valence-corrected chi connectivity index (χ1v) is 18.7. The molecule has 4 aromatic rings. The Hall–Kier alpha value is -4.60.